The highest BCUT2D eigenvalue weighted by molar-refractivity contribution is 5.91. The van der Waals surface area contributed by atoms with E-state index in [0.29, 0.717) is 18.5 Å². The van der Waals surface area contributed by atoms with E-state index >= 15 is 0 Å². The number of hydrogen-bond acceptors (Lipinski definition) is 2. The summed E-state index contributed by atoms with van der Waals surface area (Å²) in [6.07, 6.45) is 2.61. The van der Waals surface area contributed by atoms with Crippen molar-refractivity contribution in [3.63, 3.8) is 0 Å². The SMILES string of the molecule is Cc1cc(CCc2ccccc2)[nH]c(=O)c1NC(=O)CCc1ccccc1. The van der Waals surface area contributed by atoms with Gasteiger partial charge in [-0.3, -0.25) is 9.59 Å². The first-order chi connectivity index (χ1) is 13.1. The maximum Gasteiger partial charge on any atom is 0.272 e. The van der Waals surface area contributed by atoms with Crippen molar-refractivity contribution in [1.29, 1.82) is 0 Å². The number of H-pyrrole nitrogens is 1. The van der Waals surface area contributed by atoms with Crippen LogP contribution in [0.1, 0.15) is 28.8 Å². The first kappa shape index (κ1) is 18.6. The summed E-state index contributed by atoms with van der Waals surface area (Å²) in [5, 5.41) is 2.77. The average Bonchev–Trinajstić information content (AvgIpc) is 2.69. The second-order valence-corrected chi connectivity index (χ2v) is 6.70. The van der Waals surface area contributed by atoms with Gasteiger partial charge in [0, 0.05) is 12.1 Å². The Hall–Kier alpha value is -3.14. The van der Waals surface area contributed by atoms with E-state index in [2.05, 4.69) is 22.4 Å². The van der Waals surface area contributed by atoms with Crippen LogP contribution in [0.3, 0.4) is 0 Å². The van der Waals surface area contributed by atoms with Gasteiger partial charge in [-0.1, -0.05) is 60.7 Å². The number of rotatable bonds is 7. The fraction of sp³-hybridized carbons (Fsp3) is 0.217. The third kappa shape index (κ3) is 5.42. The Kier molecular flexibility index (Phi) is 6.21. The standard InChI is InChI=1S/C23H24N2O2/c1-17-16-20(14-12-18-8-4-2-5-9-18)24-23(27)22(17)25-21(26)15-13-19-10-6-3-7-11-19/h2-11,16H,12-15H2,1H3,(H,24,27)(H,25,26). The Balaban J connectivity index is 1.60. The zero-order chi connectivity index (χ0) is 19.1. The van der Waals surface area contributed by atoms with Gasteiger partial charge < -0.3 is 10.3 Å². The lowest BCUT2D eigenvalue weighted by Gasteiger charge is -2.10. The number of nitrogens with one attached hydrogen (secondary N) is 2. The molecular weight excluding hydrogens is 336 g/mol. The third-order valence-corrected chi connectivity index (χ3v) is 4.56. The molecule has 138 valence electrons. The summed E-state index contributed by atoms with van der Waals surface area (Å²) >= 11 is 0. The molecule has 0 radical (unpaired) electrons. The van der Waals surface area contributed by atoms with Gasteiger partial charge in [-0.15, -0.1) is 0 Å². The third-order valence-electron chi connectivity index (χ3n) is 4.56. The van der Waals surface area contributed by atoms with Crippen LogP contribution in [-0.4, -0.2) is 10.9 Å². The van der Waals surface area contributed by atoms with Crippen LogP contribution >= 0.6 is 0 Å². The van der Waals surface area contributed by atoms with Gasteiger partial charge in [0.25, 0.3) is 5.56 Å². The molecule has 3 rings (SSSR count). The van der Waals surface area contributed by atoms with Gasteiger partial charge in [0.1, 0.15) is 5.69 Å². The molecule has 0 aliphatic heterocycles. The van der Waals surface area contributed by atoms with Crippen LogP contribution in [0.2, 0.25) is 0 Å². The number of carbonyl (C=O) groups excluding carboxylic acids is 1. The smallest absolute Gasteiger partial charge is 0.272 e. The predicted octanol–water partition coefficient (Wildman–Crippen LogP) is 4.04. The number of aryl methyl sites for hydroxylation is 4. The molecule has 2 N–H and O–H groups in total. The second-order valence-electron chi connectivity index (χ2n) is 6.70. The molecule has 0 saturated heterocycles. The summed E-state index contributed by atoms with van der Waals surface area (Å²) in [4.78, 5) is 27.5. The van der Waals surface area contributed by atoms with E-state index in [1.165, 1.54) is 5.56 Å². The molecule has 4 heteroatoms. The molecule has 0 aliphatic carbocycles. The summed E-state index contributed by atoms with van der Waals surface area (Å²) in [6, 6.07) is 22.0. The number of pyridine rings is 1. The van der Waals surface area contributed by atoms with E-state index in [1.54, 1.807) is 0 Å². The molecular formula is C23H24N2O2. The first-order valence-corrected chi connectivity index (χ1v) is 9.22. The summed E-state index contributed by atoms with van der Waals surface area (Å²) in [5.74, 6) is -0.149. The Morgan fingerprint density at radius 1 is 0.889 bits per heavy atom. The highest BCUT2D eigenvalue weighted by atomic mass is 16.2. The second kappa shape index (κ2) is 8.99. The van der Waals surface area contributed by atoms with Crippen LogP contribution in [0.25, 0.3) is 0 Å². The summed E-state index contributed by atoms with van der Waals surface area (Å²) < 4.78 is 0. The van der Waals surface area contributed by atoms with E-state index in [1.807, 2.05) is 61.5 Å². The normalized spacial score (nSPS) is 10.6. The minimum absolute atomic E-state index is 0.149. The minimum atomic E-state index is -0.244. The molecule has 0 unspecified atom stereocenters. The van der Waals surface area contributed by atoms with Gasteiger partial charge in [-0.2, -0.15) is 0 Å². The maximum absolute atomic E-state index is 12.4. The quantitative estimate of drug-likeness (QED) is 0.668. The van der Waals surface area contributed by atoms with Gasteiger partial charge in [0.05, 0.1) is 0 Å². The summed E-state index contributed by atoms with van der Waals surface area (Å²) in [5.41, 5.74) is 4.10. The summed E-state index contributed by atoms with van der Waals surface area (Å²) in [6.45, 7) is 1.86. The number of amides is 1. The van der Waals surface area contributed by atoms with Gasteiger partial charge >= 0.3 is 0 Å². The lowest BCUT2D eigenvalue weighted by atomic mass is 10.1. The molecule has 3 aromatic rings. The molecule has 1 amide bonds. The van der Waals surface area contributed by atoms with E-state index in [9.17, 15) is 9.59 Å². The van der Waals surface area contributed by atoms with Crippen molar-refractivity contribution in [2.75, 3.05) is 5.32 Å². The fourth-order valence-corrected chi connectivity index (χ4v) is 3.08. The molecule has 27 heavy (non-hydrogen) atoms. The van der Waals surface area contributed by atoms with Crippen LogP contribution in [0.15, 0.2) is 71.5 Å². The Labute approximate surface area is 159 Å². The van der Waals surface area contributed by atoms with Gasteiger partial charge in [-0.05, 0) is 48.9 Å². The molecule has 1 aromatic heterocycles. The average molecular weight is 360 g/mol. The lowest BCUT2D eigenvalue weighted by molar-refractivity contribution is -0.116. The van der Waals surface area contributed by atoms with Crippen LogP contribution in [0.4, 0.5) is 5.69 Å². The predicted molar refractivity (Wildman–Crippen MR) is 109 cm³/mol. The first-order valence-electron chi connectivity index (χ1n) is 9.22. The summed E-state index contributed by atoms with van der Waals surface area (Å²) in [7, 11) is 0. The van der Waals surface area contributed by atoms with E-state index < -0.39 is 0 Å². The highest BCUT2D eigenvalue weighted by Crippen LogP contribution is 2.13. The molecule has 0 atom stereocenters. The molecule has 0 bridgehead atoms. The zero-order valence-corrected chi connectivity index (χ0v) is 15.5. The number of carbonyl (C=O) groups is 1. The van der Waals surface area contributed by atoms with Crippen LogP contribution in [0.5, 0.6) is 0 Å². The lowest BCUT2D eigenvalue weighted by Crippen LogP contribution is -2.22. The molecule has 0 saturated carbocycles. The molecule has 2 aromatic carbocycles. The van der Waals surface area contributed by atoms with Gasteiger partial charge in [0.15, 0.2) is 0 Å². The van der Waals surface area contributed by atoms with Crippen LogP contribution < -0.4 is 10.9 Å². The molecule has 4 nitrogen and oxygen atoms in total. The Morgan fingerprint density at radius 3 is 2.07 bits per heavy atom. The van der Waals surface area contributed by atoms with Crippen molar-refractivity contribution in [2.45, 2.75) is 32.6 Å². The highest BCUT2D eigenvalue weighted by Gasteiger charge is 2.10. The number of benzene rings is 2. The van der Waals surface area contributed by atoms with Crippen molar-refractivity contribution in [3.8, 4) is 0 Å². The molecule has 0 aliphatic rings. The Morgan fingerprint density at radius 2 is 1.48 bits per heavy atom. The van der Waals surface area contributed by atoms with Crippen molar-refractivity contribution in [3.05, 3.63) is 99.5 Å². The van der Waals surface area contributed by atoms with E-state index in [4.69, 9.17) is 0 Å². The van der Waals surface area contributed by atoms with Crippen LogP contribution in [0, 0.1) is 6.92 Å². The minimum Gasteiger partial charge on any atom is -0.324 e. The molecule has 0 fully saturated rings. The fourth-order valence-electron chi connectivity index (χ4n) is 3.08. The monoisotopic (exact) mass is 360 g/mol. The van der Waals surface area contributed by atoms with Crippen molar-refractivity contribution in [2.24, 2.45) is 0 Å². The van der Waals surface area contributed by atoms with E-state index in [-0.39, 0.29) is 11.5 Å². The van der Waals surface area contributed by atoms with Crippen molar-refractivity contribution in [1.82, 2.24) is 4.98 Å². The topological polar surface area (TPSA) is 62.0 Å². The largest absolute Gasteiger partial charge is 0.324 e. The number of hydrogen-bond donors (Lipinski definition) is 2. The van der Waals surface area contributed by atoms with Crippen molar-refractivity contribution < 1.29 is 4.79 Å². The number of anilines is 1. The number of aromatic nitrogens is 1. The van der Waals surface area contributed by atoms with Gasteiger partial charge in [0.2, 0.25) is 5.91 Å². The number of aromatic amines is 1. The molecule has 0 spiro atoms. The molecule has 1 heterocycles. The van der Waals surface area contributed by atoms with Crippen LogP contribution in [-0.2, 0) is 24.1 Å². The van der Waals surface area contributed by atoms with Gasteiger partial charge in [-0.25, -0.2) is 0 Å². The Bertz CT molecular complexity index is 947. The van der Waals surface area contributed by atoms with Crippen molar-refractivity contribution >= 4 is 11.6 Å². The zero-order valence-electron chi connectivity index (χ0n) is 15.5. The van der Waals surface area contributed by atoms with E-state index in [0.717, 1.165) is 29.7 Å². The maximum atomic E-state index is 12.4.